The zero-order valence-electron chi connectivity index (χ0n) is 8.27. The number of aromatic nitrogens is 2. The molecule has 0 atom stereocenters. The largest absolute Gasteiger partial charge is 0.364 e. The second-order valence-electron chi connectivity index (χ2n) is 2.93. The first-order valence-corrected chi connectivity index (χ1v) is 4.12. The molecule has 1 amide bonds. The van der Waals surface area contributed by atoms with Gasteiger partial charge in [0.1, 0.15) is 11.4 Å². The van der Waals surface area contributed by atoms with Crippen molar-refractivity contribution in [3.8, 4) is 0 Å². The first-order valence-electron chi connectivity index (χ1n) is 4.12. The van der Waals surface area contributed by atoms with Gasteiger partial charge in [-0.2, -0.15) is 0 Å². The number of nitrogens with zero attached hydrogens (tertiary/aromatic N) is 2. The average molecular weight is 207 g/mol. The Morgan fingerprint density at radius 1 is 1.13 bits per heavy atom. The van der Waals surface area contributed by atoms with Crippen LogP contribution < -0.4 is 5.73 Å². The second kappa shape index (κ2) is 3.95. The molecule has 0 aliphatic heterocycles. The molecule has 1 heterocycles. The second-order valence-corrected chi connectivity index (χ2v) is 2.93. The smallest absolute Gasteiger partial charge is 0.269 e. The van der Waals surface area contributed by atoms with E-state index >= 15 is 0 Å². The molecule has 0 aliphatic rings. The maximum absolute atomic E-state index is 11.1. The molecule has 0 spiro atoms. The molecule has 0 aromatic carbocycles. The third-order valence-electron chi connectivity index (χ3n) is 1.70. The third kappa shape index (κ3) is 2.22. The molecule has 1 aromatic rings. The highest BCUT2D eigenvalue weighted by atomic mass is 16.1. The SMILES string of the molecule is CC(=O)c1cnc(C(C)=O)c(C(N)=O)n1. The number of ketones is 2. The standard InChI is InChI=1S/C9H9N3O3/c1-4(13)6-3-11-7(5(2)14)8(12-6)9(10)15/h3H,1-2H3,(H2,10,15). The van der Waals surface area contributed by atoms with Gasteiger partial charge in [-0.3, -0.25) is 14.4 Å². The molecule has 6 nitrogen and oxygen atoms in total. The Hall–Kier alpha value is -2.11. The Morgan fingerprint density at radius 3 is 2.13 bits per heavy atom. The van der Waals surface area contributed by atoms with Crippen molar-refractivity contribution in [1.82, 2.24) is 9.97 Å². The fourth-order valence-corrected chi connectivity index (χ4v) is 0.988. The van der Waals surface area contributed by atoms with Crippen LogP contribution in [0.5, 0.6) is 0 Å². The Kier molecular flexibility index (Phi) is 2.89. The van der Waals surface area contributed by atoms with Gasteiger partial charge < -0.3 is 5.73 Å². The summed E-state index contributed by atoms with van der Waals surface area (Å²) in [6.45, 7) is 2.52. The Bertz CT molecular complexity index is 454. The molecule has 1 aromatic heterocycles. The van der Waals surface area contributed by atoms with E-state index < -0.39 is 11.7 Å². The van der Waals surface area contributed by atoms with Gasteiger partial charge in [0.25, 0.3) is 5.91 Å². The number of rotatable bonds is 3. The molecular weight excluding hydrogens is 198 g/mol. The summed E-state index contributed by atoms with van der Waals surface area (Å²) in [6, 6.07) is 0. The fourth-order valence-electron chi connectivity index (χ4n) is 0.988. The minimum Gasteiger partial charge on any atom is -0.364 e. The van der Waals surface area contributed by atoms with E-state index in [9.17, 15) is 14.4 Å². The van der Waals surface area contributed by atoms with Crippen LogP contribution in [0.25, 0.3) is 0 Å². The van der Waals surface area contributed by atoms with E-state index in [-0.39, 0.29) is 22.9 Å². The topological polar surface area (TPSA) is 103 Å². The normalized spacial score (nSPS) is 9.73. The highest BCUT2D eigenvalue weighted by Crippen LogP contribution is 2.05. The van der Waals surface area contributed by atoms with Crippen molar-refractivity contribution < 1.29 is 14.4 Å². The van der Waals surface area contributed by atoms with Crippen molar-refractivity contribution in [3.63, 3.8) is 0 Å². The van der Waals surface area contributed by atoms with Gasteiger partial charge in [0, 0.05) is 13.8 Å². The molecule has 0 saturated heterocycles. The number of amides is 1. The number of primary amides is 1. The van der Waals surface area contributed by atoms with Crippen LogP contribution in [-0.2, 0) is 0 Å². The Morgan fingerprint density at radius 2 is 1.73 bits per heavy atom. The summed E-state index contributed by atoms with van der Waals surface area (Å²) in [6.07, 6.45) is 1.14. The van der Waals surface area contributed by atoms with Crippen LogP contribution in [0, 0.1) is 0 Å². The first-order chi connectivity index (χ1) is 6.93. The van der Waals surface area contributed by atoms with Gasteiger partial charge in [-0.25, -0.2) is 9.97 Å². The monoisotopic (exact) mass is 207 g/mol. The van der Waals surface area contributed by atoms with E-state index in [1.54, 1.807) is 0 Å². The van der Waals surface area contributed by atoms with Crippen LogP contribution in [-0.4, -0.2) is 27.4 Å². The Balaban J connectivity index is 3.40. The minimum absolute atomic E-state index is 0.00815. The first kappa shape index (κ1) is 11.0. The lowest BCUT2D eigenvalue weighted by atomic mass is 10.2. The van der Waals surface area contributed by atoms with Crippen molar-refractivity contribution in [2.75, 3.05) is 0 Å². The number of Topliss-reactive ketones (excluding diaryl/α,β-unsaturated/α-hetero) is 2. The number of hydrogen-bond acceptors (Lipinski definition) is 5. The highest BCUT2D eigenvalue weighted by molar-refractivity contribution is 6.04. The van der Waals surface area contributed by atoms with Crippen LogP contribution in [0.15, 0.2) is 6.20 Å². The van der Waals surface area contributed by atoms with Crippen LogP contribution >= 0.6 is 0 Å². The van der Waals surface area contributed by atoms with Gasteiger partial charge >= 0.3 is 0 Å². The highest BCUT2D eigenvalue weighted by Gasteiger charge is 2.17. The fraction of sp³-hybridized carbons (Fsp3) is 0.222. The number of carbonyl (C=O) groups excluding carboxylic acids is 3. The lowest BCUT2D eigenvalue weighted by Gasteiger charge is -2.02. The molecule has 78 valence electrons. The molecule has 6 heteroatoms. The van der Waals surface area contributed by atoms with Crippen LogP contribution in [0.4, 0.5) is 0 Å². The maximum Gasteiger partial charge on any atom is 0.269 e. The summed E-state index contributed by atoms with van der Waals surface area (Å²) < 4.78 is 0. The molecule has 15 heavy (non-hydrogen) atoms. The summed E-state index contributed by atoms with van der Waals surface area (Å²) >= 11 is 0. The zero-order chi connectivity index (χ0) is 11.6. The number of carbonyl (C=O) groups is 3. The maximum atomic E-state index is 11.1. The van der Waals surface area contributed by atoms with Crippen molar-refractivity contribution in [3.05, 3.63) is 23.3 Å². The van der Waals surface area contributed by atoms with E-state index in [1.807, 2.05) is 0 Å². The van der Waals surface area contributed by atoms with Gasteiger partial charge in [0.05, 0.1) is 6.20 Å². The summed E-state index contributed by atoms with van der Waals surface area (Å²) in [5, 5.41) is 0. The lowest BCUT2D eigenvalue weighted by Crippen LogP contribution is -2.20. The summed E-state index contributed by atoms with van der Waals surface area (Å²) in [7, 11) is 0. The molecular formula is C9H9N3O3. The van der Waals surface area contributed by atoms with Crippen LogP contribution in [0.2, 0.25) is 0 Å². The molecule has 0 fully saturated rings. The summed E-state index contributed by atoms with van der Waals surface area (Å²) in [4.78, 5) is 40.3. The molecule has 0 saturated carbocycles. The number of hydrogen-bond donors (Lipinski definition) is 1. The van der Waals surface area contributed by atoms with E-state index in [2.05, 4.69) is 9.97 Å². The zero-order valence-corrected chi connectivity index (χ0v) is 8.27. The van der Waals surface area contributed by atoms with Gasteiger partial charge in [-0.05, 0) is 0 Å². The molecule has 2 N–H and O–H groups in total. The van der Waals surface area contributed by atoms with E-state index in [4.69, 9.17) is 5.73 Å². The Labute approximate surface area is 85.5 Å². The average Bonchev–Trinajstić information content (AvgIpc) is 2.16. The van der Waals surface area contributed by atoms with Crippen molar-refractivity contribution in [1.29, 1.82) is 0 Å². The molecule has 0 aliphatic carbocycles. The minimum atomic E-state index is -0.879. The molecule has 0 radical (unpaired) electrons. The van der Waals surface area contributed by atoms with Gasteiger partial charge in [-0.1, -0.05) is 0 Å². The van der Waals surface area contributed by atoms with E-state index in [1.165, 1.54) is 13.8 Å². The summed E-state index contributed by atoms with van der Waals surface area (Å²) in [5.41, 5.74) is 4.64. The molecule has 0 bridgehead atoms. The van der Waals surface area contributed by atoms with Gasteiger partial charge in [0.15, 0.2) is 17.3 Å². The van der Waals surface area contributed by atoms with Gasteiger partial charge in [0.2, 0.25) is 0 Å². The third-order valence-corrected chi connectivity index (χ3v) is 1.70. The van der Waals surface area contributed by atoms with Crippen LogP contribution in [0.1, 0.15) is 45.3 Å². The van der Waals surface area contributed by atoms with E-state index in [0.717, 1.165) is 6.20 Å². The summed E-state index contributed by atoms with van der Waals surface area (Å²) in [5.74, 6) is -1.65. The van der Waals surface area contributed by atoms with E-state index in [0.29, 0.717) is 0 Å². The van der Waals surface area contributed by atoms with Crippen molar-refractivity contribution in [2.24, 2.45) is 5.73 Å². The van der Waals surface area contributed by atoms with Crippen LogP contribution in [0.3, 0.4) is 0 Å². The lowest BCUT2D eigenvalue weighted by molar-refractivity contribution is 0.0962. The molecule has 0 unspecified atom stereocenters. The quantitative estimate of drug-likeness (QED) is 0.701. The van der Waals surface area contributed by atoms with Gasteiger partial charge in [-0.15, -0.1) is 0 Å². The number of nitrogens with two attached hydrogens (primary N) is 1. The van der Waals surface area contributed by atoms with Crippen molar-refractivity contribution >= 4 is 17.5 Å². The predicted molar refractivity (Wildman–Crippen MR) is 50.6 cm³/mol. The molecule has 1 rings (SSSR count). The van der Waals surface area contributed by atoms with Crippen molar-refractivity contribution in [2.45, 2.75) is 13.8 Å². The predicted octanol–water partition coefficient (Wildman–Crippen LogP) is -0.0193.